The molecule has 1 aromatic carbocycles. The summed E-state index contributed by atoms with van der Waals surface area (Å²) < 4.78 is 25.1. The van der Waals surface area contributed by atoms with Gasteiger partial charge in [0.05, 0.1) is 21.4 Å². The Kier molecular flexibility index (Phi) is 4.38. The van der Waals surface area contributed by atoms with E-state index in [1.165, 1.54) is 23.7 Å². The third-order valence-corrected chi connectivity index (χ3v) is 5.79. The molecule has 0 bridgehead atoms. The summed E-state index contributed by atoms with van der Waals surface area (Å²) in [5.74, 6) is -1.92. The van der Waals surface area contributed by atoms with Crippen LogP contribution in [0.4, 0.5) is 5.69 Å². The van der Waals surface area contributed by atoms with E-state index in [9.17, 15) is 18.0 Å². The first-order valence-corrected chi connectivity index (χ1v) is 8.15. The molecule has 9 heteroatoms. The molecular weight excluding hydrogens is 312 g/mol. The first-order chi connectivity index (χ1) is 10.3. The van der Waals surface area contributed by atoms with Crippen molar-refractivity contribution in [3.05, 3.63) is 23.8 Å². The summed E-state index contributed by atoms with van der Waals surface area (Å²) in [7, 11) is -3.78. The fourth-order valence-electron chi connectivity index (χ4n) is 2.49. The maximum atomic E-state index is 12.6. The molecule has 1 atom stereocenters. The molecule has 120 valence electrons. The number of hydroxylamine groups is 1. The Bertz CT molecular complexity index is 715. The number of hydrogen-bond acceptors (Lipinski definition) is 6. The third kappa shape index (κ3) is 2.77. The molecule has 8 nitrogen and oxygen atoms in total. The van der Waals surface area contributed by atoms with Crippen molar-refractivity contribution in [2.24, 2.45) is 0 Å². The average Bonchev–Trinajstić information content (AvgIpc) is 2.49. The molecule has 1 unspecified atom stereocenters. The highest BCUT2D eigenvalue weighted by Gasteiger charge is 2.38. The van der Waals surface area contributed by atoms with Crippen LogP contribution < -0.4 is 10.4 Å². The molecular formula is C13H16N2O6S. The summed E-state index contributed by atoms with van der Waals surface area (Å²) >= 11 is 0. The van der Waals surface area contributed by atoms with E-state index < -0.39 is 27.0 Å². The lowest BCUT2D eigenvalue weighted by Crippen LogP contribution is -2.44. The standard InChI is InChI=1S/C13H16N2O6S/c1-2-15-7-9(6-12(16)14-19)22(20,21)11-4-3-8(13(17)18)5-10(11)15/h3-5,9,19H,2,6-7H2,1H3,(H,14,16)(H,17,18). The monoisotopic (exact) mass is 328 g/mol. The number of fused-ring (bicyclic) bond motifs is 1. The SMILES string of the molecule is CCN1CC(CC(=O)NO)S(=O)(=O)c2ccc(C(=O)O)cc21. The second-order valence-corrected chi connectivity index (χ2v) is 7.13. The van der Waals surface area contributed by atoms with E-state index in [2.05, 4.69) is 0 Å². The predicted molar refractivity (Wildman–Crippen MR) is 76.8 cm³/mol. The van der Waals surface area contributed by atoms with Crippen LogP contribution in [-0.2, 0) is 14.6 Å². The molecule has 0 aliphatic carbocycles. The molecule has 1 aliphatic heterocycles. The molecule has 2 rings (SSSR count). The summed E-state index contributed by atoms with van der Waals surface area (Å²) in [6.45, 7) is 2.32. The number of nitrogens with one attached hydrogen (secondary N) is 1. The van der Waals surface area contributed by atoms with E-state index in [-0.39, 0.29) is 23.4 Å². The van der Waals surface area contributed by atoms with Gasteiger partial charge in [0.2, 0.25) is 5.91 Å². The second-order valence-electron chi connectivity index (χ2n) is 4.93. The molecule has 0 radical (unpaired) electrons. The Labute approximate surface area is 127 Å². The number of carbonyl (C=O) groups is 2. The van der Waals surface area contributed by atoms with Crippen LogP contribution in [0.25, 0.3) is 0 Å². The van der Waals surface area contributed by atoms with Crippen molar-refractivity contribution < 1.29 is 28.3 Å². The number of nitrogens with zero attached hydrogens (tertiary/aromatic N) is 1. The van der Waals surface area contributed by atoms with Crippen molar-refractivity contribution in [1.29, 1.82) is 0 Å². The molecule has 0 saturated heterocycles. The number of rotatable bonds is 4. The molecule has 0 aromatic heterocycles. The normalized spacial score (nSPS) is 19.4. The number of benzene rings is 1. The molecule has 3 N–H and O–H groups in total. The molecule has 22 heavy (non-hydrogen) atoms. The van der Waals surface area contributed by atoms with E-state index >= 15 is 0 Å². The smallest absolute Gasteiger partial charge is 0.335 e. The summed E-state index contributed by atoms with van der Waals surface area (Å²) in [5.41, 5.74) is 1.75. The van der Waals surface area contributed by atoms with E-state index in [4.69, 9.17) is 10.3 Å². The second kappa shape index (κ2) is 5.93. The number of hydrogen-bond donors (Lipinski definition) is 3. The quantitative estimate of drug-likeness (QED) is 0.535. The summed E-state index contributed by atoms with van der Waals surface area (Å²) in [6.07, 6.45) is -0.366. The van der Waals surface area contributed by atoms with Crippen molar-refractivity contribution >= 4 is 27.4 Å². The maximum absolute atomic E-state index is 12.6. The number of carbonyl (C=O) groups excluding carboxylic acids is 1. The van der Waals surface area contributed by atoms with E-state index in [1.807, 2.05) is 0 Å². The fraction of sp³-hybridized carbons (Fsp3) is 0.385. The zero-order valence-corrected chi connectivity index (χ0v) is 12.6. The summed E-state index contributed by atoms with van der Waals surface area (Å²) in [6, 6.07) is 3.79. The van der Waals surface area contributed by atoms with Crippen LogP contribution in [0.15, 0.2) is 23.1 Å². The van der Waals surface area contributed by atoms with Gasteiger partial charge in [0.25, 0.3) is 0 Å². The van der Waals surface area contributed by atoms with Gasteiger partial charge in [-0.2, -0.15) is 0 Å². The van der Waals surface area contributed by atoms with Crippen molar-refractivity contribution in [3.8, 4) is 0 Å². The van der Waals surface area contributed by atoms with Crippen molar-refractivity contribution in [3.63, 3.8) is 0 Å². The van der Waals surface area contributed by atoms with Crippen LogP contribution in [0.1, 0.15) is 23.7 Å². The highest BCUT2D eigenvalue weighted by Crippen LogP contribution is 2.35. The zero-order chi connectivity index (χ0) is 16.5. The lowest BCUT2D eigenvalue weighted by molar-refractivity contribution is -0.129. The van der Waals surface area contributed by atoms with Crippen LogP contribution in [-0.4, -0.2) is 48.9 Å². The molecule has 1 aromatic rings. The van der Waals surface area contributed by atoms with Crippen molar-refractivity contribution in [1.82, 2.24) is 5.48 Å². The number of sulfone groups is 1. The Balaban J connectivity index is 2.52. The highest BCUT2D eigenvalue weighted by atomic mass is 32.2. The summed E-state index contributed by atoms with van der Waals surface area (Å²) in [5, 5.41) is 16.6. The Morgan fingerprint density at radius 1 is 1.41 bits per heavy atom. The van der Waals surface area contributed by atoms with Gasteiger partial charge in [-0.25, -0.2) is 18.7 Å². The molecule has 0 spiro atoms. The first-order valence-electron chi connectivity index (χ1n) is 6.60. The van der Waals surface area contributed by atoms with Crippen molar-refractivity contribution in [2.75, 3.05) is 18.0 Å². The number of anilines is 1. The van der Waals surface area contributed by atoms with Gasteiger partial charge in [-0.15, -0.1) is 0 Å². The van der Waals surface area contributed by atoms with E-state index in [0.29, 0.717) is 12.2 Å². The minimum absolute atomic E-state index is 0.000971. The topological polar surface area (TPSA) is 124 Å². The van der Waals surface area contributed by atoms with Gasteiger partial charge in [-0.1, -0.05) is 0 Å². The van der Waals surface area contributed by atoms with Gasteiger partial charge in [0.15, 0.2) is 9.84 Å². The Morgan fingerprint density at radius 3 is 2.64 bits per heavy atom. The maximum Gasteiger partial charge on any atom is 0.335 e. The summed E-state index contributed by atoms with van der Waals surface area (Å²) in [4.78, 5) is 24.0. The largest absolute Gasteiger partial charge is 0.478 e. The number of amides is 1. The van der Waals surface area contributed by atoms with Gasteiger partial charge in [0, 0.05) is 19.5 Å². The fourth-order valence-corrected chi connectivity index (χ4v) is 4.33. The molecule has 1 aliphatic rings. The minimum Gasteiger partial charge on any atom is -0.478 e. The number of carboxylic acid groups (broad SMARTS) is 1. The van der Waals surface area contributed by atoms with Gasteiger partial charge >= 0.3 is 5.97 Å². The number of aromatic carboxylic acids is 1. The number of carboxylic acids is 1. The molecule has 0 saturated carbocycles. The van der Waals surface area contributed by atoms with Gasteiger partial charge < -0.3 is 10.0 Å². The van der Waals surface area contributed by atoms with Crippen LogP contribution in [0.2, 0.25) is 0 Å². The molecule has 1 amide bonds. The van der Waals surface area contributed by atoms with Gasteiger partial charge in [-0.3, -0.25) is 10.0 Å². The van der Waals surface area contributed by atoms with Crippen molar-refractivity contribution in [2.45, 2.75) is 23.5 Å². The lowest BCUT2D eigenvalue weighted by atomic mass is 10.1. The predicted octanol–water partition coefficient (Wildman–Crippen LogP) is 0.262. The molecule has 0 fully saturated rings. The molecule has 1 heterocycles. The van der Waals surface area contributed by atoms with Crippen LogP contribution >= 0.6 is 0 Å². The Hall–Kier alpha value is -2.13. The van der Waals surface area contributed by atoms with Crippen LogP contribution in [0, 0.1) is 0 Å². The van der Waals surface area contributed by atoms with Gasteiger partial charge in [0.1, 0.15) is 0 Å². The van der Waals surface area contributed by atoms with E-state index in [0.717, 1.165) is 0 Å². The Morgan fingerprint density at radius 2 is 2.09 bits per heavy atom. The van der Waals surface area contributed by atoms with E-state index in [1.54, 1.807) is 11.8 Å². The van der Waals surface area contributed by atoms with Crippen LogP contribution in [0.3, 0.4) is 0 Å². The minimum atomic E-state index is -3.78. The van der Waals surface area contributed by atoms with Crippen LogP contribution in [0.5, 0.6) is 0 Å². The average molecular weight is 328 g/mol. The zero-order valence-electron chi connectivity index (χ0n) is 11.8. The lowest BCUT2D eigenvalue weighted by Gasteiger charge is -2.35. The first kappa shape index (κ1) is 16.2. The third-order valence-electron chi connectivity index (χ3n) is 3.64. The van der Waals surface area contributed by atoms with Gasteiger partial charge in [-0.05, 0) is 25.1 Å². The highest BCUT2D eigenvalue weighted by molar-refractivity contribution is 7.92.